The van der Waals surface area contributed by atoms with Gasteiger partial charge in [-0.3, -0.25) is 0 Å². The lowest BCUT2D eigenvalue weighted by Crippen LogP contribution is -2.26. The van der Waals surface area contributed by atoms with Crippen molar-refractivity contribution < 1.29 is 14.6 Å². The van der Waals surface area contributed by atoms with Crippen LogP contribution in [0.2, 0.25) is 0 Å². The van der Waals surface area contributed by atoms with Crippen molar-refractivity contribution in [2.45, 2.75) is 25.8 Å². The first kappa shape index (κ1) is 14.7. The number of aromatic nitrogens is 2. The fourth-order valence-electron chi connectivity index (χ4n) is 1.35. The number of aliphatic hydroxyl groups excluding tert-OH is 1. The maximum Gasteiger partial charge on any atom is 0.226 e. The van der Waals surface area contributed by atoms with Crippen molar-refractivity contribution >= 4 is 5.95 Å². The van der Waals surface area contributed by atoms with Crippen molar-refractivity contribution in [1.29, 1.82) is 0 Å². The van der Waals surface area contributed by atoms with Crippen LogP contribution in [-0.4, -0.2) is 48.0 Å². The van der Waals surface area contributed by atoms with Gasteiger partial charge >= 0.3 is 0 Å². The summed E-state index contributed by atoms with van der Waals surface area (Å²) < 4.78 is 10.4. The quantitative estimate of drug-likeness (QED) is 0.687. The highest BCUT2D eigenvalue weighted by molar-refractivity contribution is 5.28. The lowest BCUT2D eigenvalue weighted by molar-refractivity contribution is 0.174. The van der Waals surface area contributed by atoms with Gasteiger partial charge in [0.2, 0.25) is 11.8 Å². The number of hydrogen-bond donors (Lipinski definition) is 2. The molecule has 0 saturated heterocycles. The van der Waals surface area contributed by atoms with E-state index in [0.717, 1.165) is 6.42 Å². The number of hydrogen-bond acceptors (Lipinski definition) is 6. The summed E-state index contributed by atoms with van der Waals surface area (Å²) in [4.78, 5) is 8.30. The Balaban J connectivity index is 2.53. The Morgan fingerprint density at radius 2 is 2.28 bits per heavy atom. The molecule has 0 bridgehead atoms. The second-order valence-electron chi connectivity index (χ2n) is 3.87. The minimum absolute atomic E-state index is 0.00671. The summed E-state index contributed by atoms with van der Waals surface area (Å²) in [6.45, 7) is 3.24. The largest absolute Gasteiger partial charge is 0.478 e. The van der Waals surface area contributed by atoms with E-state index >= 15 is 0 Å². The molecule has 102 valence electrons. The molecule has 1 rings (SSSR count). The molecule has 0 amide bonds. The lowest BCUT2D eigenvalue weighted by atomic mass is 10.2. The third-order valence-electron chi connectivity index (χ3n) is 2.31. The van der Waals surface area contributed by atoms with Crippen LogP contribution in [0.5, 0.6) is 5.88 Å². The van der Waals surface area contributed by atoms with Crippen LogP contribution in [-0.2, 0) is 4.74 Å². The molecule has 0 aliphatic carbocycles. The molecule has 1 atom stereocenters. The SMILES string of the molecule is CCCOc1ccnc(NC(CO)CCOC)n1. The van der Waals surface area contributed by atoms with Gasteiger partial charge in [0.15, 0.2) is 0 Å². The first-order valence-electron chi connectivity index (χ1n) is 6.12. The van der Waals surface area contributed by atoms with E-state index in [9.17, 15) is 5.11 Å². The van der Waals surface area contributed by atoms with E-state index in [1.165, 1.54) is 0 Å². The molecule has 2 N–H and O–H groups in total. The molecular formula is C12H21N3O3. The number of aliphatic hydroxyl groups is 1. The molecule has 0 radical (unpaired) electrons. The van der Waals surface area contributed by atoms with Crippen LogP contribution in [0, 0.1) is 0 Å². The zero-order chi connectivity index (χ0) is 13.2. The predicted octanol–water partition coefficient (Wildman–Crippen LogP) is 1.07. The van der Waals surface area contributed by atoms with Crippen molar-refractivity contribution in [2.24, 2.45) is 0 Å². The summed E-state index contributed by atoms with van der Waals surface area (Å²) >= 11 is 0. The molecule has 1 heterocycles. The van der Waals surface area contributed by atoms with Gasteiger partial charge in [-0.25, -0.2) is 4.98 Å². The average Bonchev–Trinajstić information content (AvgIpc) is 2.41. The number of nitrogens with one attached hydrogen (secondary N) is 1. The molecule has 0 fully saturated rings. The van der Waals surface area contributed by atoms with Crippen LogP contribution in [0.1, 0.15) is 19.8 Å². The minimum atomic E-state index is -0.119. The van der Waals surface area contributed by atoms with Crippen LogP contribution < -0.4 is 10.1 Å². The summed E-state index contributed by atoms with van der Waals surface area (Å²) in [6, 6.07) is 1.59. The molecule has 0 aromatic carbocycles. The highest BCUT2D eigenvalue weighted by Gasteiger charge is 2.09. The molecule has 1 aromatic rings. The van der Waals surface area contributed by atoms with Gasteiger partial charge in [-0.15, -0.1) is 0 Å². The van der Waals surface area contributed by atoms with Gasteiger partial charge in [0.1, 0.15) is 0 Å². The normalized spacial score (nSPS) is 12.2. The van der Waals surface area contributed by atoms with Crippen molar-refractivity contribution in [3.05, 3.63) is 12.3 Å². The zero-order valence-corrected chi connectivity index (χ0v) is 10.9. The fourth-order valence-corrected chi connectivity index (χ4v) is 1.35. The first-order valence-corrected chi connectivity index (χ1v) is 6.12. The van der Waals surface area contributed by atoms with Crippen molar-refractivity contribution in [1.82, 2.24) is 9.97 Å². The highest BCUT2D eigenvalue weighted by Crippen LogP contribution is 2.10. The van der Waals surface area contributed by atoms with E-state index in [2.05, 4.69) is 15.3 Å². The predicted molar refractivity (Wildman–Crippen MR) is 68.8 cm³/mol. The molecule has 6 heteroatoms. The highest BCUT2D eigenvalue weighted by atomic mass is 16.5. The Labute approximate surface area is 107 Å². The molecule has 0 saturated carbocycles. The topological polar surface area (TPSA) is 76.5 Å². The van der Waals surface area contributed by atoms with E-state index in [1.807, 2.05) is 6.92 Å². The third-order valence-corrected chi connectivity index (χ3v) is 2.31. The fraction of sp³-hybridized carbons (Fsp3) is 0.667. The smallest absolute Gasteiger partial charge is 0.226 e. The summed E-state index contributed by atoms with van der Waals surface area (Å²) in [5, 5.41) is 12.3. The van der Waals surface area contributed by atoms with Crippen LogP contribution in [0.3, 0.4) is 0 Å². The van der Waals surface area contributed by atoms with Gasteiger partial charge in [-0.05, 0) is 12.8 Å². The summed E-state index contributed by atoms with van der Waals surface area (Å²) in [6.07, 6.45) is 3.25. The molecule has 6 nitrogen and oxygen atoms in total. The Morgan fingerprint density at radius 1 is 1.44 bits per heavy atom. The standard InChI is InChI=1S/C12H21N3O3/c1-3-7-18-11-4-6-13-12(15-11)14-10(9-16)5-8-17-2/h4,6,10,16H,3,5,7-9H2,1-2H3,(H,13,14,15). The molecule has 0 aliphatic heterocycles. The molecule has 1 unspecified atom stereocenters. The van der Waals surface area contributed by atoms with Gasteiger partial charge < -0.3 is 19.9 Å². The van der Waals surface area contributed by atoms with Crippen molar-refractivity contribution in [3.8, 4) is 5.88 Å². The van der Waals surface area contributed by atoms with Gasteiger partial charge in [-0.2, -0.15) is 4.98 Å². The van der Waals surface area contributed by atoms with E-state index in [4.69, 9.17) is 9.47 Å². The number of anilines is 1. The van der Waals surface area contributed by atoms with Crippen LogP contribution >= 0.6 is 0 Å². The summed E-state index contributed by atoms with van der Waals surface area (Å²) in [5.41, 5.74) is 0. The molecular weight excluding hydrogens is 234 g/mol. The third kappa shape index (κ3) is 5.29. The maximum absolute atomic E-state index is 9.22. The average molecular weight is 255 g/mol. The molecule has 18 heavy (non-hydrogen) atoms. The van der Waals surface area contributed by atoms with Crippen molar-refractivity contribution in [2.75, 3.05) is 32.2 Å². The number of methoxy groups -OCH3 is 1. The second kappa shape index (κ2) is 8.66. The Bertz CT molecular complexity index is 336. The lowest BCUT2D eigenvalue weighted by Gasteiger charge is -2.15. The zero-order valence-electron chi connectivity index (χ0n) is 10.9. The molecule has 0 spiro atoms. The van der Waals surface area contributed by atoms with E-state index in [1.54, 1.807) is 19.4 Å². The Kier molecular flexibility index (Phi) is 7.05. The Hall–Kier alpha value is -1.40. The number of rotatable bonds is 9. The maximum atomic E-state index is 9.22. The molecule has 1 aromatic heterocycles. The van der Waals surface area contributed by atoms with Crippen LogP contribution in [0.25, 0.3) is 0 Å². The first-order chi connectivity index (χ1) is 8.80. The Morgan fingerprint density at radius 3 is 2.94 bits per heavy atom. The van der Waals surface area contributed by atoms with Gasteiger partial charge in [0, 0.05) is 26.0 Å². The minimum Gasteiger partial charge on any atom is -0.478 e. The van der Waals surface area contributed by atoms with Crippen LogP contribution in [0.15, 0.2) is 12.3 Å². The molecule has 0 aliphatic rings. The number of nitrogens with zero attached hydrogens (tertiary/aromatic N) is 2. The summed E-state index contributed by atoms with van der Waals surface area (Å²) in [7, 11) is 1.63. The van der Waals surface area contributed by atoms with E-state index < -0.39 is 0 Å². The van der Waals surface area contributed by atoms with Gasteiger partial charge in [-0.1, -0.05) is 6.92 Å². The summed E-state index contributed by atoms with van der Waals surface area (Å²) in [5.74, 6) is 0.997. The van der Waals surface area contributed by atoms with Crippen LogP contribution in [0.4, 0.5) is 5.95 Å². The monoisotopic (exact) mass is 255 g/mol. The number of ether oxygens (including phenoxy) is 2. The van der Waals surface area contributed by atoms with E-state index in [-0.39, 0.29) is 12.6 Å². The van der Waals surface area contributed by atoms with Gasteiger partial charge in [0.05, 0.1) is 19.3 Å². The van der Waals surface area contributed by atoms with Crippen molar-refractivity contribution in [3.63, 3.8) is 0 Å². The van der Waals surface area contributed by atoms with E-state index in [0.29, 0.717) is 31.5 Å². The van der Waals surface area contributed by atoms with Gasteiger partial charge in [0.25, 0.3) is 0 Å². The second-order valence-corrected chi connectivity index (χ2v) is 3.87.